The van der Waals surface area contributed by atoms with E-state index >= 15 is 0 Å². The molecule has 6 N–H and O–H groups in total. The van der Waals surface area contributed by atoms with Crippen LogP contribution in [0.3, 0.4) is 0 Å². The van der Waals surface area contributed by atoms with E-state index in [0.717, 1.165) is 0 Å². The number of hydrogen-bond acceptors (Lipinski definition) is 6. The Kier molecular flexibility index (Phi) is 4.60. The van der Waals surface area contributed by atoms with Crippen LogP contribution in [0.25, 0.3) is 0 Å². The fourth-order valence-corrected chi connectivity index (χ4v) is 1.78. The van der Waals surface area contributed by atoms with Gasteiger partial charge in [0.2, 0.25) is 11.8 Å². The first kappa shape index (κ1) is 13.9. The van der Waals surface area contributed by atoms with Gasteiger partial charge in [0.25, 0.3) is 0 Å². The standard InChI is InChI=1S/C9H12N4O4S/c10-6(14)2-5(8(16)17)13-7(15)1-4-3-18-9(11)12-4/h3,5H,1-2H2,(H2,10,14)(H2,11,12)(H,13,15)(H,16,17)/t5-/m0/s1. The zero-order chi connectivity index (χ0) is 13.7. The van der Waals surface area contributed by atoms with E-state index in [9.17, 15) is 14.4 Å². The highest BCUT2D eigenvalue weighted by Gasteiger charge is 2.22. The molecular weight excluding hydrogens is 260 g/mol. The van der Waals surface area contributed by atoms with E-state index in [1.165, 1.54) is 11.3 Å². The summed E-state index contributed by atoms with van der Waals surface area (Å²) < 4.78 is 0. The third-order valence-corrected chi connectivity index (χ3v) is 2.67. The van der Waals surface area contributed by atoms with Crippen molar-refractivity contribution in [3.63, 3.8) is 0 Å². The quantitative estimate of drug-likeness (QED) is 0.506. The number of aliphatic carboxylic acids is 1. The van der Waals surface area contributed by atoms with Crippen molar-refractivity contribution < 1.29 is 19.5 Å². The average Bonchev–Trinajstić information content (AvgIpc) is 2.62. The minimum Gasteiger partial charge on any atom is -0.480 e. The molecule has 0 bridgehead atoms. The average molecular weight is 272 g/mol. The van der Waals surface area contributed by atoms with Crippen LogP contribution < -0.4 is 16.8 Å². The second-order valence-electron chi connectivity index (χ2n) is 3.48. The van der Waals surface area contributed by atoms with Crippen LogP contribution >= 0.6 is 11.3 Å². The molecule has 0 aromatic carbocycles. The lowest BCUT2D eigenvalue weighted by Crippen LogP contribution is -2.43. The van der Waals surface area contributed by atoms with Crippen LogP contribution in [0, 0.1) is 0 Å². The van der Waals surface area contributed by atoms with Gasteiger partial charge in [0.05, 0.1) is 18.5 Å². The maximum atomic E-state index is 11.5. The number of thiazole rings is 1. The van der Waals surface area contributed by atoms with Gasteiger partial charge in [-0.05, 0) is 0 Å². The maximum absolute atomic E-state index is 11.5. The number of nitrogen functional groups attached to an aromatic ring is 1. The van der Waals surface area contributed by atoms with Crippen LogP contribution in [0.2, 0.25) is 0 Å². The SMILES string of the molecule is NC(=O)C[C@H](NC(=O)Cc1csc(N)n1)C(=O)O. The van der Waals surface area contributed by atoms with E-state index in [4.69, 9.17) is 16.6 Å². The van der Waals surface area contributed by atoms with Crippen LogP contribution in [0.4, 0.5) is 5.13 Å². The summed E-state index contributed by atoms with van der Waals surface area (Å²) in [6.45, 7) is 0. The summed E-state index contributed by atoms with van der Waals surface area (Å²) in [5, 5.41) is 12.9. The second-order valence-corrected chi connectivity index (χ2v) is 4.37. The molecule has 2 amide bonds. The van der Waals surface area contributed by atoms with Gasteiger partial charge in [0.1, 0.15) is 6.04 Å². The number of carboxylic acids is 1. The zero-order valence-electron chi connectivity index (χ0n) is 9.25. The number of amides is 2. The predicted molar refractivity (Wildman–Crippen MR) is 63.6 cm³/mol. The van der Waals surface area contributed by atoms with E-state index in [-0.39, 0.29) is 6.42 Å². The highest BCUT2D eigenvalue weighted by molar-refractivity contribution is 7.13. The molecule has 0 saturated carbocycles. The Labute approximate surface area is 106 Å². The highest BCUT2D eigenvalue weighted by Crippen LogP contribution is 2.11. The smallest absolute Gasteiger partial charge is 0.326 e. The molecule has 9 heteroatoms. The van der Waals surface area contributed by atoms with Crippen molar-refractivity contribution in [1.29, 1.82) is 0 Å². The lowest BCUT2D eigenvalue weighted by Gasteiger charge is -2.11. The van der Waals surface area contributed by atoms with Gasteiger partial charge in [0, 0.05) is 5.38 Å². The van der Waals surface area contributed by atoms with Crippen LogP contribution in [-0.2, 0) is 20.8 Å². The second kappa shape index (κ2) is 5.96. The van der Waals surface area contributed by atoms with Gasteiger partial charge in [-0.2, -0.15) is 0 Å². The Morgan fingerprint density at radius 1 is 1.50 bits per heavy atom. The number of nitrogens with one attached hydrogen (secondary N) is 1. The zero-order valence-corrected chi connectivity index (χ0v) is 10.1. The number of hydrogen-bond donors (Lipinski definition) is 4. The molecule has 0 saturated heterocycles. The Bertz CT molecular complexity index is 473. The number of carbonyl (C=O) groups excluding carboxylic acids is 2. The molecule has 1 aromatic heterocycles. The third-order valence-electron chi connectivity index (χ3n) is 1.95. The normalized spacial score (nSPS) is 11.8. The number of anilines is 1. The first-order valence-electron chi connectivity index (χ1n) is 4.89. The van der Waals surface area contributed by atoms with Crippen LogP contribution in [0.15, 0.2) is 5.38 Å². The summed E-state index contributed by atoms with van der Waals surface area (Å²) in [4.78, 5) is 36.8. The number of carbonyl (C=O) groups is 3. The van der Waals surface area contributed by atoms with E-state index in [1.54, 1.807) is 5.38 Å². The molecule has 1 aromatic rings. The summed E-state index contributed by atoms with van der Waals surface area (Å²) in [5.74, 6) is -2.69. The van der Waals surface area contributed by atoms with Gasteiger partial charge in [-0.1, -0.05) is 0 Å². The molecule has 1 rings (SSSR count). The molecular formula is C9H12N4O4S. The molecule has 0 aliphatic rings. The van der Waals surface area contributed by atoms with Crippen molar-refractivity contribution in [3.05, 3.63) is 11.1 Å². The lowest BCUT2D eigenvalue weighted by molar-refractivity contribution is -0.143. The van der Waals surface area contributed by atoms with Crippen LogP contribution in [0.5, 0.6) is 0 Å². The summed E-state index contributed by atoms with van der Waals surface area (Å²) in [6.07, 6.45) is -0.559. The van der Waals surface area contributed by atoms with Crippen LogP contribution in [0.1, 0.15) is 12.1 Å². The van der Waals surface area contributed by atoms with Gasteiger partial charge in [-0.3, -0.25) is 9.59 Å². The van der Waals surface area contributed by atoms with Crippen molar-refractivity contribution in [3.8, 4) is 0 Å². The molecule has 0 spiro atoms. The van der Waals surface area contributed by atoms with Crippen molar-refractivity contribution in [2.24, 2.45) is 5.73 Å². The highest BCUT2D eigenvalue weighted by atomic mass is 32.1. The fourth-order valence-electron chi connectivity index (χ4n) is 1.21. The topological polar surface area (TPSA) is 148 Å². The Balaban J connectivity index is 2.56. The van der Waals surface area contributed by atoms with Crippen LogP contribution in [-0.4, -0.2) is 33.9 Å². The maximum Gasteiger partial charge on any atom is 0.326 e. The summed E-state index contributed by atoms with van der Waals surface area (Å²) in [6, 6.07) is -1.33. The molecule has 0 fully saturated rings. The van der Waals surface area contributed by atoms with Gasteiger partial charge in [-0.15, -0.1) is 11.3 Å². The number of nitrogens with zero attached hydrogens (tertiary/aromatic N) is 1. The van der Waals surface area contributed by atoms with E-state index in [0.29, 0.717) is 10.8 Å². The molecule has 98 valence electrons. The molecule has 18 heavy (non-hydrogen) atoms. The van der Waals surface area contributed by atoms with Gasteiger partial charge in [-0.25, -0.2) is 9.78 Å². The predicted octanol–water partition coefficient (Wildman–Crippen LogP) is -1.29. The minimum absolute atomic E-state index is 0.101. The van der Waals surface area contributed by atoms with E-state index in [2.05, 4.69) is 10.3 Å². The Morgan fingerprint density at radius 3 is 2.61 bits per heavy atom. The number of rotatable bonds is 6. The first-order chi connectivity index (χ1) is 8.38. The van der Waals surface area contributed by atoms with Gasteiger partial charge < -0.3 is 21.9 Å². The van der Waals surface area contributed by atoms with E-state index < -0.39 is 30.2 Å². The monoisotopic (exact) mass is 272 g/mol. The summed E-state index contributed by atoms with van der Waals surface area (Å²) in [7, 11) is 0. The summed E-state index contributed by atoms with van der Waals surface area (Å²) in [5.41, 5.74) is 10.7. The molecule has 0 radical (unpaired) electrons. The molecule has 1 heterocycles. The van der Waals surface area contributed by atoms with E-state index in [1.807, 2.05) is 0 Å². The number of primary amides is 1. The lowest BCUT2D eigenvalue weighted by atomic mass is 10.2. The fraction of sp³-hybridized carbons (Fsp3) is 0.333. The molecule has 1 atom stereocenters. The van der Waals surface area contributed by atoms with Crippen molar-refractivity contribution >= 4 is 34.3 Å². The van der Waals surface area contributed by atoms with Crippen molar-refractivity contribution in [2.75, 3.05) is 5.73 Å². The van der Waals surface area contributed by atoms with Crippen molar-refractivity contribution in [2.45, 2.75) is 18.9 Å². The number of aromatic nitrogens is 1. The molecule has 8 nitrogen and oxygen atoms in total. The molecule has 0 aliphatic carbocycles. The summed E-state index contributed by atoms with van der Waals surface area (Å²) >= 11 is 1.18. The third kappa shape index (κ3) is 4.37. The molecule has 0 unspecified atom stereocenters. The first-order valence-corrected chi connectivity index (χ1v) is 5.76. The molecule has 0 aliphatic heterocycles. The number of carboxylic acid groups (broad SMARTS) is 1. The Hall–Kier alpha value is -2.16. The van der Waals surface area contributed by atoms with Crippen molar-refractivity contribution in [1.82, 2.24) is 10.3 Å². The largest absolute Gasteiger partial charge is 0.480 e. The van der Waals surface area contributed by atoms with Gasteiger partial charge >= 0.3 is 5.97 Å². The Morgan fingerprint density at radius 2 is 2.17 bits per heavy atom. The number of nitrogens with two attached hydrogens (primary N) is 2. The minimum atomic E-state index is -1.33. The van der Waals surface area contributed by atoms with Gasteiger partial charge in [0.15, 0.2) is 5.13 Å².